The van der Waals surface area contributed by atoms with E-state index in [2.05, 4.69) is 34.3 Å². The van der Waals surface area contributed by atoms with Crippen LogP contribution in [-0.2, 0) is 0 Å². The first kappa shape index (κ1) is 13.7. The quantitative estimate of drug-likeness (QED) is 0.729. The normalized spacial score (nSPS) is 25.3. The van der Waals surface area contributed by atoms with Crippen molar-refractivity contribution in [3.8, 4) is 0 Å². The van der Waals surface area contributed by atoms with Gasteiger partial charge in [-0.1, -0.05) is 54.8 Å². The summed E-state index contributed by atoms with van der Waals surface area (Å²) in [5.41, 5.74) is 1.24. The molecular formula is C17H24N2O. The SMILES string of the molecule is O=NC[C@H](c1ccccc1)N1CCCC1CC1CCC1. The van der Waals surface area contributed by atoms with Gasteiger partial charge < -0.3 is 0 Å². The van der Waals surface area contributed by atoms with Crippen LogP contribution in [-0.4, -0.2) is 24.0 Å². The van der Waals surface area contributed by atoms with Gasteiger partial charge >= 0.3 is 0 Å². The Morgan fingerprint density at radius 1 is 1.15 bits per heavy atom. The molecular weight excluding hydrogens is 248 g/mol. The minimum Gasteiger partial charge on any atom is -0.291 e. The third kappa shape index (κ3) is 2.93. The number of benzene rings is 1. The zero-order valence-electron chi connectivity index (χ0n) is 12.1. The summed E-state index contributed by atoms with van der Waals surface area (Å²) in [6.07, 6.45) is 8.11. The molecule has 1 aromatic carbocycles. The fourth-order valence-electron chi connectivity index (χ4n) is 3.78. The average Bonchev–Trinajstić information content (AvgIpc) is 2.89. The second kappa shape index (κ2) is 6.49. The summed E-state index contributed by atoms with van der Waals surface area (Å²) in [7, 11) is 0. The Balaban J connectivity index is 1.73. The Labute approximate surface area is 121 Å². The standard InChI is InChI=1S/C17H24N2O/c20-18-13-17(15-8-2-1-3-9-15)19-11-5-10-16(19)12-14-6-4-7-14/h1-3,8-9,14,16-17H,4-7,10-13H2/t16?,17-/m1/s1. The molecule has 3 nitrogen and oxygen atoms in total. The molecule has 108 valence electrons. The van der Waals surface area contributed by atoms with Crippen molar-refractivity contribution in [2.45, 2.75) is 50.6 Å². The van der Waals surface area contributed by atoms with Crippen LogP contribution in [0, 0.1) is 10.8 Å². The lowest BCUT2D eigenvalue weighted by Gasteiger charge is -2.36. The van der Waals surface area contributed by atoms with Crippen LogP contribution in [0.1, 0.15) is 50.1 Å². The fourth-order valence-corrected chi connectivity index (χ4v) is 3.78. The van der Waals surface area contributed by atoms with E-state index in [0.717, 1.165) is 12.5 Å². The Hall–Kier alpha value is -1.22. The van der Waals surface area contributed by atoms with Crippen LogP contribution in [0.3, 0.4) is 0 Å². The van der Waals surface area contributed by atoms with Crippen LogP contribution < -0.4 is 0 Å². The van der Waals surface area contributed by atoms with Gasteiger partial charge in [0.15, 0.2) is 0 Å². The third-order valence-corrected chi connectivity index (χ3v) is 5.08. The van der Waals surface area contributed by atoms with Crippen LogP contribution in [0.25, 0.3) is 0 Å². The van der Waals surface area contributed by atoms with Crippen molar-refractivity contribution < 1.29 is 0 Å². The maximum absolute atomic E-state index is 10.9. The molecule has 0 aromatic heterocycles. The van der Waals surface area contributed by atoms with Crippen molar-refractivity contribution in [2.24, 2.45) is 11.1 Å². The largest absolute Gasteiger partial charge is 0.291 e. The predicted octanol–water partition coefficient (Wildman–Crippen LogP) is 4.15. The first-order valence-electron chi connectivity index (χ1n) is 7.98. The molecule has 2 atom stereocenters. The Morgan fingerprint density at radius 3 is 2.60 bits per heavy atom. The van der Waals surface area contributed by atoms with Crippen molar-refractivity contribution in [1.82, 2.24) is 4.90 Å². The first-order valence-corrected chi connectivity index (χ1v) is 7.98. The molecule has 1 aromatic rings. The molecule has 1 aliphatic heterocycles. The summed E-state index contributed by atoms with van der Waals surface area (Å²) in [5, 5.41) is 3.21. The highest BCUT2D eigenvalue weighted by Gasteiger charge is 2.34. The van der Waals surface area contributed by atoms with Gasteiger partial charge in [-0.25, -0.2) is 0 Å². The average molecular weight is 272 g/mol. The van der Waals surface area contributed by atoms with Gasteiger partial charge in [-0.05, 0) is 37.3 Å². The van der Waals surface area contributed by atoms with E-state index in [1.165, 1.54) is 44.1 Å². The first-order chi connectivity index (χ1) is 9.88. The lowest BCUT2D eigenvalue weighted by atomic mass is 9.80. The maximum Gasteiger partial charge on any atom is 0.101 e. The molecule has 3 heteroatoms. The van der Waals surface area contributed by atoms with Gasteiger partial charge in [-0.2, -0.15) is 4.91 Å². The highest BCUT2D eigenvalue weighted by Crippen LogP contribution is 2.38. The summed E-state index contributed by atoms with van der Waals surface area (Å²) in [5.74, 6) is 0.932. The Bertz CT molecular complexity index is 430. The van der Waals surface area contributed by atoms with Crippen molar-refractivity contribution in [1.29, 1.82) is 0 Å². The molecule has 3 rings (SSSR count). The number of hydrogen-bond donors (Lipinski definition) is 0. The molecule has 1 saturated carbocycles. The van der Waals surface area contributed by atoms with E-state index in [1.807, 2.05) is 6.07 Å². The molecule has 2 aliphatic rings. The number of nitroso groups, excluding NO2 is 1. The molecule has 0 spiro atoms. The van der Waals surface area contributed by atoms with Crippen LogP contribution in [0.2, 0.25) is 0 Å². The number of hydrogen-bond acceptors (Lipinski definition) is 3. The smallest absolute Gasteiger partial charge is 0.101 e. The van der Waals surface area contributed by atoms with E-state index < -0.39 is 0 Å². The minimum atomic E-state index is 0.182. The van der Waals surface area contributed by atoms with Crippen molar-refractivity contribution in [3.63, 3.8) is 0 Å². The van der Waals surface area contributed by atoms with Gasteiger partial charge in [0.25, 0.3) is 0 Å². The Morgan fingerprint density at radius 2 is 1.95 bits per heavy atom. The molecule has 1 saturated heterocycles. The number of likely N-dealkylation sites (tertiary alicyclic amines) is 1. The lowest BCUT2D eigenvalue weighted by Crippen LogP contribution is -2.37. The summed E-state index contributed by atoms with van der Waals surface area (Å²) < 4.78 is 0. The monoisotopic (exact) mass is 272 g/mol. The summed E-state index contributed by atoms with van der Waals surface area (Å²) in [6.45, 7) is 1.50. The van der Waals surface area contributed by atoms with Crippen molar-refractivity contribution in [3.05, 3.63) is 40.8 Å². The van der Waals surface area contributed by atoms with Gasteiger partial charge in [-0.15, -0.1) is 0 Å². The fraction of sp³-hybridized carbons (Fsp3) is 0.647. The van der Waals surface area contributed by atoms with Gasteiger partial charge in [0.1, 0.15) is 6.54 Å². The Kier molecular flexibility index (Phi) is 4.46. The van der Waals surface area contributed by atoms with Crippen LogP contribution >= 0.6 is 0 Å². The summed E-state index contributed by atoms with van der Waals surface area (Å²) >= 11 is 0. The van der Waals surface area contributed by atoms with E-state index in [0.29, 0.717) is 12.6 Å². The number of nitrogens with zero attached hydrogens (tertiary/aromatic N) is 2. The highest BCUT2D eigenvalue weighted by atomic mass is 16.3. The third-order valence-electron chi connectivity index (χ3n) is 5.08. The highest BCUT2D eigenvalue weighted by molar-refractivity contribution is 5.20. The second-order valence-electron chi connectivity index (χ2n) is 6.30. The van der Waals surface area contributed by atoms with E-state index in [1.54, 1.807) is 0 Å². The van der Waals surface area contributed by atoms with Crippen LogP contribution in [0.4, 0.5) is 0 Å². The van der Waals surface area contributed by atoms with Gasteiger partial charge in [0.2, 0.25) is 0 Å². The second-order valence-corrected chi connectivity index (χ2v) is 6.30. The van der Waals surface area contributed by atoms with Gasteiger partial charge in [0.05, 0.1) is 6.04 Å². The van der Waals surface area contributed by atoms with Crippen LogP contribution in [0.15, 0.2) is 35.5 Å². The predicted molar refractivity (Wildman–Crippen MR) is 81.5 cm³/mol. The molecule has 0 radical (unpaired) electrons. The van der Waals surface area contributed by atoms with E-state index in [-0.39, 0.29) is 6.04 Å². The maximum atomic E-state index is 10.9. The van der Waals surface area contributed by atoms with E-state index in [9.17, 15) is 4.91 Å². The molecule has 20 heavy (non-hydrogen) atoms. The molecule has 0 bridgehead atoms. The van der Waals surface area contributed by atoms with E-state index in [4.69, 9.17) is 0 Å². The van der Waals surface area contributed by atoms with Gasteiger partial charge in [0, 0.05) is 6.04 Å². The molecule has 2 fully saturated rings. The van der Waals surface area contributed by atoms with Gasteiger partial charge in [-0.3, -0.25) is 4.90 Å². The van der Waals surface area contributed by atoms with Crippen molar-refractivity contribution in [2.75, 3.05) is 13.1 Å². The van der Waals surface area contributed by atoms with Crippen molar-refractivity contribution >= 4 is 0 Å². The number of rotatable bonds is 6. The molecule has 1 heterocycles. The zero-order valence-corrected chi connectivity index (χ0v) is 12.1. The van der Waals surface area contributed by atoms with Crippen LogP contribution in [0.5, 0.6) is 0 Å². The molecule has 0 N–H and O–H groups in total. The summed E-state index contributed by atoms with van der Waals surface area (Å²) in [6, 6.07) is 11.3. The summed E-state index contributed by atoms with van der Waals surface area (Å²) in [4.78, 5) is 13.4. The lowest BCUT2D eigenvalue weighted by molar-refractivity contribution is 0.140. The topological polar surface area (TPSA) is 32.7 Å². The minimum absolute atomic E-state index is 0.182. The molecule has 0 amide bonds. The van der Waals surface area contributed by atoms with E-state index >= 15 is 0 Å². The molecule has 1 aliphatic carbocycles. The zero-order chi connectivity index (χ0) is 13.8. The molecule has 1 unspecified atom stereocenters.